The molecule has 9 nitrogen and oxygen atoms in total. The van der Waals surface area contributed by atoms with Crippen LogP contribution in [0.5, 0.6) is 0 Å². The van der Waals surface area contributed by atoms with Crippen LogP contribution in [0.1, 0.15) is 5.76 Å². The van der Waals surface area contributed by atoms with E-state index in [9.17, 15) is 24.5 Å². The number of benzene rings is 1. The number of carbonyl (C=O) groups excluding carboxylic acids is 3. The van der Waals surface area contributed by atoms with Crippen molar-refractivity contribution in [3.05, 3.63) is 69.5 Å². The number of barbiturate groups is 1. The van der Waals surface area contributed by atoms with E-state index in [0.717, 1.165) is 4.90 Å². The highest BCUT2D eigenvalue weighted by Gasteiger charge is 2.35. The van der Waals surface area contributed by atoms with Crippen molar-refractivity contribution in [2.45, 2.75) is 0 Å². The fourth-order valence-electron chi connectivity index (χ4n) is 2.52. The zero-order valence-electron chi connectivity index (χ0n) is 14.2. The summed E-state index contributed by atoms with van der Waals surface area (Å²) < 4.78 is 5.57. The summed E-state index contributed by atoms with van der Waals surface area (Å²) in [4.78, 5) is 47.3. The zero-order valence-corrected chi connectivity index (χ0v) is 14.9. The van der Waals surface area contributed by atoms with Crippen LogP contribution in [0, 0.1) is 10.1 Å². The summed E-state index contributed by atoms with van der Waals surface area (Å²) >= 11 is 5.79. The number of nitro benzene ring substituents is 1. The molecular formula is C18H12ClN3O6. The van der Waals surface area contributed by atoms with Crippen LogP contribution in [0.2, 0.25) is 5.02 Å². The number of hydrogen-bond acceptors (Lipinski definition) is 6. The van der Waals surface area contributed by atoms with Crippen molar-refractivity contribution in [2.75, 3.05) is 6.54 Å². The molecule has 2 aromatic rings. The van der Waals surface area contributed by atoms with Crippen molar-refractivity contribution in [2.24, 2.45) is 0 Å². The van der Waals surface area contributed by atoms with Crippen LogP contribution in [0.3, 0.4) is 0 Å². The number of carbonyl (C=O) groups is 3. The fraction of sp³-hybridized carbons (Fsp3) is 0.0556. The van der Waals surface area contributed by atoms with Crippen molar-refractivity contribution in [1.82, 2.24) is 10.2 Å². The summed E-state index contributed by atoms with van der Waals surface area (Å²) in [5.41, 5.74) is -0.177. The Morgan fingerprint density at radius 1 is 1.25 bits per heavy atom. The van der Waals surface area contributed by atoms with Crippen molar-refractivity contribution in [3.63, 3.8) is 0 Å². The van der Waals surface area contributed by atoms with Crippen molar-refractivity contribution >= 4 is 41.2 Å². The molecule has 142 valence electrons. The van der Waals surface area contributed by atoms with E-state index in [0.29, 0.717) is 5.56 Å². The Balaban J connectivity index is 1.94. The molecule has 0 radical (unpaired) electrons. The van der Waals surface area contributed by atoms with Crippen molar-refractivity contribution in [3.8, 4) is 11.3 Å². The molecule has 1 fully saturated rings. The Bertz CT molecular complexity index is 1060. The Hall–Kier alpha value is -3.72. The number of rotatable bonds is 5. The first-order chi connectivity index (χ1) is 13.3. The number of hydrogen-bond donors (Lipinski definition) is 1. The average Bonchev–Trinajstić information content (AvgIpc) is 3.11. The van der Waals surface area contributed by atoms with E-state index in [2.05, 4.69) is 11.9 Å². The van der Waals surface area contributed by atoms with Gasteiger partial charge in [-0.2, -0.15) is 0 Å². The average molecular weight is 402 g/mol. The van der Waals surface area contributed by atoms with Crippen LogP contribution in [0.15, 0.2) is 53.0 Å². The maximum atomic E-state index is 12.4. The van der Waals surface area contributed by atoms with Gasteiger partial charge in [0.05, 0.1) is 4.92 Å². The smallest absolute Gasteiger partial charge is 0.331 e. The van der Waals surface area contributed by atoms with E-state index >= 15 is 0 Å². The second-order valence-corrected chi connectivity index (χ2v) is 6.05. The maximum Gasteiger partial charge on any atom is 0.331 e. The third-order valence-corrected chi connectivity index (χ3v) is 4.16. The van der Waals surface area contributed by atoms with Gasteiger partial charge in [0, 0.05) is 18.2 Å². The van der Waals surface area contributed by atoms with Crippen LogP contribution >= 0.6 is 11.6 Å². The molecule has 1 aliphatic heterocycles. The predicted molar refractivity (Wildman–Crippen MR) is 99.2 cm³/mol. The minimum atomic E-state index is -0.851. The van der Waals surface area contributed by atoms with Gasteiger partial charge in [-0.05, 0) is 30.3 Å². The minimum Gasteiger partial charge on any atom is -0.457 e. The molecule has 1 aromatic carbocycles. The lowest BCUT2D eigenvalue weighted by Gasteiger charge is -2.24. The van der Waals surface area contributed by atoms with Gasteiger partial charge in [-0.3, -0.25) is 29.9 Å². The standard InChI is InChI=1S/C18H12ClN3O6/c1-2-7-21-17(24)12(16(23)20-18(21)25)9-11-4-6-15(28-11)10-3-5-13(19)14(8-10)22(26)27/h2-6,8-9H,1,7H2,(H,20,23,25)/b12-9-. The van der Waals surface area contributed by atoms with Gasteiger partial charge in [0.15, 0.2) is 0 Å². The molecule has 28 heavy (non-hydrogen) atoms. The van der Waals surface area contributed by atoms with Crippen LogP contribution in [0.4, 0.5) is 10.5 Å². The molecule has 1 saturated heterocycles. The molecule has 0 atom stereocenters. The molecule has 3 rings (SSSR count). The van der Waals surface area contributed by atoms with Crippen LogP contribution in [0.25, 0.3) is 17.4 Å². The SMILES string of the molecule is C=CCN1C(=O)NC(=O)/C(=C/c2ccc(-c3ccc(Cl)c([N+](=O)[O-])c3)o2)C1=O. The molecule has 1 N–H and O–H groups in total. The highest BCUT2D eigenvalue weighted by Crippen LogP contribution is 2.31. The molecule has 4 amide bonds. The minimum absolute atomic E-state index is 0.0147. The van der Waals surface area contributed by atoms with Crippen LogP contribution in [-0.2, 0) is 9.59 Å². The van der Waals surface area contributed by atoms with E-state index in [1.807, 2.05) is 0 Å². The summed E-state index contributed by atoms with van der Waals surface area (Å²) in [5.74, 6) is -1.21. The summed E-state index contributed by atoms with van der Waals surface area (Å²) in [6.07, 6.45) is 2.54. The molecule has 0 spiro atoms. The fourth-order valence-corrected chi connectivity index (χ4v) is 2.71. The van der Waals surface area contributed by atoms with Gasteiger partial charge in [-0.15, -0.1) is 6.58 Å². The quantitative estimate of drug-likeness (QED) is 0.270. The number of imide groups is 2. The van der Waals surface area contributed by atoms with Crippen LogP contribution < -0.4 is 5.32 Å². The number of amides is 4. The molecule has 10 heteroatoms. The van der Waals surface area contributed by atoms with Gasteiger partial charge in [0.2, 0.25) is 0 Å². The van der Waals surface area contributed by atoms with Crippen LogP contribution in [-0.4, -0.2) is 34.2 Å². The van der Waals surface area contributed by atoms with E-state index in [1.54, 1.807) is 0 Å². The molecule has 1 aromatic heterocycles. The predicted octanol–water partition coefficient (Wildman–Crippen LogP) is 3.16. The van der Waals surface area contributed by atoms with Crippen molar-refractivity contribution < 1.29 is 23.7 Å². The Kier molecular flexibility index (Phi) is 5.10. The Labute approximate surface area is 163 Å². The molecule has 2 heterocycles. The summed E-state index contributed by atoms with van der Waals surface area (Å²) in [7, 11) is 0. The summed E-state index contributed by atoms with van der Waals surface area (Å²) in [6.45, 7) is 3.40. The first-order valence-electron chi connectivity index (χ1n) is 7.85. The third kappa shape index (κ3) is 3.55. The normalized spacial score (nSPS) is 15.7. The highest BCUT2D eigenvalue weighted by atomic mass is 35.5. The lowest BCUT2D eigenvalue weighted by atomic mass is 10.1. The number of nitrogens with zero attached hydrogens (tertiary/aromatic N) is 2. The van der Waals surface area contributed by atoms with Gasteiger partial charge in [-0.1, -0.05) is 17.7 Å². The largest absolute Gasteiger partial charge is 0.457 e. The first kappa shape index (κ1) is 19.1. The van der Waals surface area contributed by atoms with E-state index in [-0.39, 0.29) is 34.3 Å². The highest BCUT2D eigenvalue weighted by molar-refractivity contribution is 6.32. The van der Waals surface area contributed by atoms with E-state index in [4.69, 9.17) is 16.0 Å². The lowest BCUT2D eigenvalue weighted by molar-refractivity contribution is -0.384. The second-order valence-electron chi connectivity index (χ2n) is 5.65. The molecule has 0 unspecified atom stereocenters. The number of furan rings is 1. The topological polar surface area (TPSA) is 123 Å². The van der Waals surface area contributed by atoms with E-state index in [1.165, 1.54) is 42.5 Å². The number of urea groups is 1. The van der Waals surface area contributed by atoms with Crippen molar-refractivity contribution in [1.29, 1.82) is 0 Å². The Morgan fingerprint density at radius 2 is 2.00 bits per heavy atom. The van der Waals surface area contributed by atoms with E-state index < -0.39 is 22.8 Å². The third-order valence-electron chi connectivity index (χ3n) is 3.84. The number of nitro groups is 1. The summed E-state index contributed by atoms with van der Waals surface area (Å²) in [5, 5.41) is 13.1. The molecule has 0 aliphatic carbocycles. The van der Waals surface area contributed by atoms with Gasteiger partial charge in [-0.25, -0.2) is 4.79 Å². The monoisotopic (exact) mass is 401 g/mol. The number of halogens is 1. The molecule has 0 saturated carbocycles. The molecule has 1 aliphatic rings. The lowest BCUT2D eigenvalue weighted by Crippen LogP contribution is -2.54. The van der Waals surface area contributed by atoms with Gasteiger partial charge in [0.25, 0.3) is 17.5 Å². The van der Waals surface area contributed by atoms with Gasteiger partial charge >= 0.3 is 6.03 Å². The molecule has 0 bridgehead atoms. The zero-order chi connectivity index (χ0) is 20.4. The molecular weight excluding hydrogens is 390 g/mol. The first-order valence-corrected chi connectivity index (χ1v) is 8.23. The second kappa shape index (κ2) is 7.49. The summed E-state index contributed by atoms with van der Waals surface area (Å²) in [6, 6.07) is 6.33. The van der Waals surface area contributed by atoms with Gasteiger partial charge < -0.3 is 4.42 Å². The maximum absolute atomic E-state index is 12.4. The Morgan fingerprint density at radius 3 is 2.68 bits per heavy atom. The number of nitrogens with one attached hydrogen (secondary N) is 1. The van der Waals surface area contributed by atoms with Gasteiger partial charge in [0.1, 0.15) is 22.1 Å².